The molecule has 4 rings (SSSR count). The molecule has 1 unspecified atom stereocenters. The van der Waals surface area contributed by atoms with Crippen molar-refractivity contribution in [3.63, 3.8) is 0 Å². The van der Waals surface area contributed by atoms with Crippen LogP contribution in [0.2, 0.25) is 0 Å². The van der Waals surface area contributed by atoms with Gasteiger partial charge in [0.05, 0.1) is 5.35 Å². The van der Waals surface area contributed by atoms with Crippen molar-refractivity contribution in [3.8, 4) is 0 Å². The SMILES string of the molecule is C=C/C=C\C=C(/C)C(C)(F)c1nc(=C)/c(=C(\N=C(/N)c2noc(=O)[nH]2)N[C@H](C)C2CCC2)n1C[C@H]1CC[C@H](C)CC1. The lowest BCUT2D eigenvalue weighted by molar-refractivity contribution is 0.206. The molecule has 10 heteroatoms. The fourth-order valence-electron chi connectivity index (χ4n) is 5.63. The topological polar surface area (TPSA) is 127 Å². The van der Waals surface area contributed by atoms with E-state index in [0.717, 1.165) is 38.5 Å². The molecule has 0 spiro atoms. The van der Waals surface area contributed by atoms with Crippen LogP contribution >= 0.6 is 0 Å². The Balaban J connectivity index is 1.93. The van der Waals surface area contributed by atoms with E-state index in [9.17, 15) is 4.79 Å². The molecule has 2 saturated carbocycles. The number of H-pyrrole nitrogens is 1. The highest BCUT2D eigenvalue weighted by Gasteiger charge is 2.35. The normalized spacial score (nSPS) is 23.6. The van der Waals surface area contributed by atoms with Crippen LogP contribution < -0.4 is 27.5 Å². The fraction of sp³-hybridized carbons (Fsp3) is 0.548. The molecule has 0 radical (unpaired) electrons. The van der Waals surface area contributed by atoms with Crippen LogP contribution in [-0.4, -0.2) is 31.6 Å². The Hall–Kier alpha value is -3.69. The summed E-state index contributed by atoms with van der Waals surface area (Å²) in [5.41, 5.74) is 4.93. The predicted molar refractivity (Wildman–Crippen MR) is 161 cm³/mol. The molecule has 2 heterocycles. The molecule has 9 nitrogen and oxygen atoms in total. The maximum Gasteiger partial charge on any atom is 0.439 e. The fourth-order valence-corrected chi connectivity index (χ4v) is 5.63. The average molecular weight is 566 g/mol. The minimum atomic E-state index is -1.88. The maximum atomic E-state index is 16.8. The van der Waals surface area contributed by atoms with Crippen molar-refractivity contribution in [2.75, 3.05) is 0 Å². The second-order valence-corrected chi connectivity index (χ2v) is 11.9. The average Bonchev–Trinajstić information content (AvgIpc) is 3.47. The van der Waals surface area contributed by atoms with Gasteiger partial charge in [0.15, 0.2) is 23.1 Å². The van der Waals surface area contributed by atoms with E-state index in [1.807, 2.05) is 4.57 Å². The first kappa shape index (κ1) is 30.3. The first-order valence-corrected chi connectivity index (χ1v) is 14.6. The molecule has 2 aromatic rings. The first-order valence-electron chi connectivity index (χ1n) is 14.6. The maximum absolute atomic E-state index is 16.8. The highest BCUT2D eigenvalue weighted by Crippen LogP contribution is 2.34. The number of hydrogen-bond donors (Lipinski definition) is 3. The van der Waals surface area contributed by atoms with E-state index >= 15 is 4.39 Å². The summed E-state index contributed by atoms with van der Waals surface area (Å²) in [7, 11) is 0. The van der Waals surface area contributed by atoms with Gasteiger partial charge in [-0.2, -0.15) is 0 Å². The third-order valence-electron chi connectivity index (χ3n) is 8.73. The largest absolute Gasteiger partial charge is 0.439 e. The second-order valence-electron chi connectivity index (χ2n) is 11.9. The van der Waals surface area contributed by atoms with Gasteiger partial charge in [-0.1, -0.05) is 68.8 Å². The van der Waals surface area contributed by atoms with Gasteiger partial charge in [0.25, 0.3) is 0 Å². The smallest absolute Gasteiger partial charge is 0.380 e. The van der Waals surface area contributed by atoms with Crippen molar-refractivity contribution in [2.24, 2.45) is 28.5 Å². The van der Waals surface area contributed by atoms with Crippen molar-refractivity contribution >= 4 is 18.2 Å². The van der Waals surface area contributed by atoms with Crippen molar-refractivity contribution in [3.05, 3.63) is 69.4 Å². The summed E-state index contributed by atoms with van der Waals surface area (Å²) in [5.74, 6) is 1.47. The van der Waals surface area contributed by atoms with Crippen molar-refractivity contribution in [1.82, 2.24) is 25.0 Å². The zero-order valence-electron chi connectivity index (χ0n) is 24.8. The molecule has 4 N–H and O–H groups in total. The zero-order valence-corrected chi connectivity index (χ0v) is 24.8. The molecule has 2 aliphatic carbocycles. The monoisotopic (exact) mass is 565 g/mol. The number of alkyl halides is 1. The molecule has 2 fully saturated rings. The molecule has 222 valence electrons. The Morgan fingerprint density at radius 2 is 2.02 bits per heavy atom. The Morgan fingerprint density at radius 3 is 2.61 bits per heavy atom. The molecule has 41 heavy (non-hydrogen) atoms. The molecule has 0 aromatic carbocycles. The number of aliphatic imine (C=N–C) groups is 1. The van der Waals surface area contributed by atoms with Gasteiger partial charge in [0, 0.05) is 12.6 Å². The number of halogens is 1. The van der Waals surface area contributed by atoms with Crippen LogP contribution in [0.3, 0.4) is 0 Å². The first-order chi connectivity index (χ1) is 19.5. The highest BCUT2D eigenvalue weighted by molar-refractivity contribution is 5.96. The van der Waals surface area contributed by atoms with E-state index in [2.05, 4.69) is 52.0 Å². The molecular formula is C31H44FN7O2. The van der Waals surface area contributed by atoms with Gasteiger partial charge >= 0.3 is 5.76 Å². The summed E-state index contributed by atoms with van der Waals surface area (Å²) in [4.78, 5) is 23.5. The van der Waals surface area contributed by atoms with Crippen LogP contribution in [0.5, 0.6) is 0 Å². The van der Waals surface area contributed by atoms with Crippen molar-refractivity contribution < 1.29 is 8.91 Å². The lowest BCUT2D eigenvalue weighted by Gasteiger charge is -2.33. The summed E-state index contributed by atoms with van der Waals surface area (Å²) in [5, 5.41) is 8.22. The standard InChI is InChI=1S/C31H44FN7O2/c1-7-8-9-11-20(3)31(6,32)29-35-22(5)25(39(29)18-23-16-14-19(2)15-17-23)27(34-21(4)24-12-10-13-24)36-26(33)28-37-30(40)41-38-28/h7-9,11,19,21,23-24,34H,1,5,10,12-18H2,2-4,6H3,(H2,33,36)(H,37,38,40)/b9-8-,20-11+,27-25+/t19-,21-,23-,31?/m1/s1. The molecule has 0 aliphatic heterocycles. The van der Waals surface area contributed by atoms with E-state index in [-0.39, 0.29) is 23.5 Å². The Morgan fingerprint density at radius 1 is 1.32 bits per heavy atom. The van der Waals surface area contributed by atoms with E-state index in [1.54, 1.807) is 31.2 Å². The molecule has 2 atom stereocenters. The number of nitrogens with one attached hydrogen (secondary N) is 2. The van der Waals surface area contributed by atoms with Crippen LogP contribution in [0.25, 0.3) is 12.4 Å². The van der Waals surface area contributed by atoms with Gasteiger partial charge in [0.1, 0.15) is 5.35 Å². The Labute approximate surface area is 240 Å². The van der Waals surface area contributed by atoms with E-state index < -0.39 is 11.4 Å². The van der Waals surface area contributed by atoms with Crippen LogP contribution in [-0.2, 0) is 12.2 Å². The third-order valence-corrected chi connectivity index (χ3v) is 8.73. The summed E-state index contributed by atoms with van der Waals surface area (Å²) in [6.07, 6.45) is 14.7. The molecule has 2 aliphatic rings. The minimum Gasteiger partial charge on any atom is -0.380 e. The van der Waals surface area contributed by atoms with Gasteiger partial charge < -0.3 is 15.6 Å². The highest BCUT2D eigenvalue weighted by atomic mass is 19.1. The van der Waals surface area contributed by atoms with Gasteiger partial charge in [-0.3, -0.25) is 9.51 Å². The van der Waals surface area contributed by atoms with E-state index in [1.165, 1.54) is 13.3 Å². The van der Waals surface area contributed by atoms with Gasteiger partial charge in [-0.25, -0.2) is 19.2 Å². The Kier molecular flexibility index (Phi) is 9.50. The number of hydrogen-bond acceptors (Lipinski definition) is 6. The van der Waals surface area contributed by atoms with Gasteiger partial charge in [0.2, 0.25) is 5.82 Å². The minimum absolute atomic E-state index is 0.0203. The third kappa shape index (κ3) is 6.97. The van der Waals surface area contributed by atoms with Crippen molar-refractivity contribution in [1.29, 1.82) is 0 Å². The zero-order chi connectivity index (χ0) is 29.7. The summed E-state index contributed by atoms with van der Waals surface area (Å²) in [6, 6.07) is 0.0795. The number of amidine groups is 1. The Bertz CT molecular complexity index is 1480. The molecule has 0 bridgehead atoms. The lowest BCUT2D eigenvalue weighted by atomic mass is 9.80. The van der Waals surface area contributed by atoms with E-state index in [4.69, 9.17) is 10.7 Å². The van der Waals surface area contributed by atoms with E-state index in [0.29, 0.717) is 46.4 Å². The number of nitrogens with zero attached hydrogens (tertiary/aromatic N) is 4. The number of nitrogens with two attached hydrogens (primary N) is 1. The van der Waals surface area contributed by atoms with Crippen LogP contribution in [0.4, 0.5) is 4.39 Å². The van der Waals surface area contributed by atoms with Crippen LogP contribution in [0, 0.1) is 17.8 Å². The lowest BCUT2D eigenvalue weighted by Crippen LogP contribution is -2.43. The molecule has 2 aromatic heterocycles. The van der Waals surface area contributed by atoms with Crippen LogP contribution in [0.15, 0.2) is 50.8 Å². The predicted octanol–water partition coefficient (Wildman–Crippen LogP) is 3.92. The molecule has 0 amide bonds. The van der Waals surface area contributed by atoms with Crippen LogP contribution in [0.1, 0.15) is 84.3 Å². The molecule has 0 saturated heterocycles. The summed E-state index contributed by atoms with van der Waals surface area (Å²) in [6.45, 7) is 16.2. The summed E-state index contributed by atoms with van der Waals surface area (Å²) >= 11 is 0. The number of imidazole rings is 1. The van der Waals surface area contributed by atoms with Gasteiger partial charge in [-0.15, -0.1) is 0 Å². The number of allylic oxidation sites excluding steroid dienone is 5. The second kappa shape index (κ2) is 12.9. The van der Waals surface area contributed by atoms with Gasteiger partial charge in [-0.05, 0) is 69.8 Å². The number of rotatable bonds is 11. The number of aromatic nitrogens is 4. The quantitative estimate of drug-likeness (QED) is 0.215. The summed E-state index contributed by atoms with van der Waals surface area (Å²) < 4.78 is 23.4. The van der Waals surface area contributed by atoms with Crippen molar-refractivity contribution in [2.45, 2.75) is 90.9 Å². The number of aromatic amines is 1. The molecular weight excluding hydrogens is 521 g/mol.